The van der Waals surface area contributed by atoms with Crippen molar-refractivity contribution in [1.82, 2.24) is 20.1 Å². The molecule has 1 fully saturated rings. The van der Waals surface area contributed by atoms with E-state index in [2.05, 4.69) is 38.1 Å². The molecule has 2 aromatic rings. The van der Waals surface area contributed by atoms with Gasteiger partial charge in [-0.25, -0.2) is 9.37 Å². The van der Waals surface area contributed by atoms with Gasteiger partial charge in [-0.05, 0) is 23.1 Å². The number of allylic oxidation sites excluding steroid dienone is 1. The zero-order valence-corrected chi connectivity index (χ0v) is 16.9. The highest BCUT2D eigenvalue weighted by molar-refractivity contribution is 6.09. The highest BCUT2D eigenvalue weighted by atomic mass is 19.1. The molecular weight excluding hydrogens is 367 g/mol. The molecule has 0 unspecified atom stereocenters. The molecule has 1 aromatic carbocycles. The fraction of sp³-hybridized carbons (Fsp3) is 0.364. The largest absolute Gasteiger partial charge is 0.393 e. The summed E-state index contributed by atoms with van der Waals surface area (Å²) < 4.78 is 12.5. The maximum Gasteiger partial charge on any atom is 0.130 e. The van der Waals surface area contributed by atoms with Gasteiger partial charge in [0.2, 0.25) is 0 Å². The maximum absolute atomic E-state index is 12.5. The van der Waals surface area contributed by atoms with Crippen molar-refractivity contribution in [3.05, 3.63) is 54.5 Å². The number of pyridine rings is 1. The summed E-state index contributed by atoms with van der Waals surface area (Å²) in [4.78, 5) is 8.97. The summed E-state index contributed by atoms with van der Waals surface area (Å²) in [6, 6.07) is 8.07. The minimum atomic E-state index is -0.282. The molecule has 3 rings (SSSR count). The molecular formula is C22H29FN6. The van der Waals surface area contributed by atoms with Crippen LogP contribution in [0.3, 0.4) is 0 Å². The van der Waals surface area contributed by atoms with E-state index in [1.54, 1.807) is 0 Å². The van der Waals surface area contributed by atoms with E-state index < -0.39 is 0 Å². The van der Waals surface area contributed by atoms with E-state index in [1.165, 1.54) is 6.21 Å². The number of hydrogen-bond donors (Lipinski definition) is 3. The fourth-order valence-electron chi connectivity index (χ4n) is 3.53. The smallest absolute Gasteiger partial charge is 0.130 e. The second-order valence-corrected chi connectivity index (χ2v) is 7.20. The van der Waals surface area contributed by atoms with E-state index in [0.29, 0.717) is 6.54 Å². The van der Waals surface area contributed by atoms with Gasteiger partial charge in [0.1, 0.15) is 12.5 Å². The first-order valence-corrected chi connectivity index (χ1v) is 9.86. The first kappa shape index (κ1) is 21.0. The number of piperazine rings is 1. The Morgan fingerprint density at radius 2 is 1.97 bits per heavy atom. The number of hydrogen-bond acceptors (Lipinski definition) is 6. The van der Waals surface area contributed by atoms with Gasteiger partial charge in [0.05, 0.1) is 0 Å². The molecule has 0 radical (unpaired) electrons. The van der Waals surface area contributed by atoms with Gasteiger partial charge < -0.3 is 16.0 Å². The van der Waals surface area contributed by atoms with Gasteiger partial charge in [-0.15, -0.1) is 0 Å². The fourth-order valence-corrected chi connectivity index (χ4v) is 3.53. The molecule has 1 aromatic heterocycles. The molecule has 0 bridgehead atoms. The van der Waals surface area contributed by atoms with E-state index in [0.717, 1.165) is 66.1 Å². The van der Waals surface area contributed by atoms with E-state index in [9.17, 15) is 4.39 Å². The van der Waals surface area contributed by atoms with E-state index in [-0.39, 0.29) is 6.67 Å². The molecule has 1 aliphatic heterocycles. The monoisotopic (exact) mass is 396 g/mol. The van der Waals surface area contributed by atoms with E-state index in [1.807, 2.05) is 37.6 Å². The minimum absolute atomic E-state index is 0.282. The second-order valence-electron chi connectivity index (χ2n) is 7.20. The average Bonchev–Trinajstić information content (AvgIpc) is 2.73. The molecule has 0 amide bonds. The van der Waals surface area contributed by atoms with Gasteiger partial charge in [-0.2, -0.15) is 0 Å². The lowest BCUT2D eigenvalue weighted by Gasteiger charge is -2.34. The number of anilines is 1. The van der Waals surface area contributed by atoms with Crippen molar-refractivity contribution in [2.45, 2.75) is 0 Å². The standard InChI is InChI=1S/C22H29FN6/c1-17(16-29-9-7-28(6-5-23)8-10-29)27-22-12-20-11-18(21(13-24)14-25-2)3-4-19(20)15-26-22/h3-4,11-15,24-25H,1,5-10,16H2,2H3,(H,26,27)/b21-14+,24-13?. The van der Waals surface area contributed by atoms with Crippen LogP contribution in [0.5, 0.6) is 0 Å². The summed E-state index contributed by atoms with van der Waals surface area (Å²) >= 11 is 0. The topological polar surface area (TPSA) is 67.3 Å². The Morgan fingerprint density at radius 1 is 1.21 bits per heavy atom. The summed E-state index contributed by atoms with van der Waals surface area (Å²) in [6.07, 6.45) is 4.99. The molecule has 1 aliphatic rings. The van der Waals surface area contributed by atoms with Gasteiger partial charge in [0.25, 0.3) is 0 Å². The Labute approximate surface area is 171 Å². The van der Waals surface area contributed by atoms with Crippen molar-refractivity contribution < 1.29 is 4.39 Å². The molecule has 0 atom stereocenters. The molecule has 0 aliphatic carbocycles. The Balaban J connectivity index is 1.64. The number of aromatic nitrogens is 1. The van der Waals surface area contributed by atoms with Crippen molar-refractivity contribution in [3.8, 4) is 0 Å². The van der Waals surface area contributed by atoms with Crippen LogP contribution in [0.25, 0.3) is 16.3 Å². The predicted octanol–water partition coefficient (Wildman–Crippen LogP) is 2.96. The third kappa shape index (κ3) is 5.62. The lowest BCUT2D eigenvalue weighted by Crippen LogP contribution is -2.47. The average molecular weight is 397 g/mol. The van der Waals surface area contributed by atoms with Gasteiger partial charge >= 0.3 is 0 Å². The maximum atomic E-state index is 12.5. The van der Waals surface area contributed by atoms with Gasteiger partial charge in [-0.3, -0.25) is 9.80 Å². The number of nitrogens with one attached hydrogen (secondary N) is 3. The van der Waals surface area contributed by atoms with Crippen LogP contribution >= 0.6 is 0 Å². The quantitative estimate of drug-likeness (QED) is 0.569. The molecule has 2 heterocycles. The SMILES string of the molecule is C=C(CN1CCN(CCF)CC1)Nc1cc2cc(/C(C=N)=C/NC)ccc2cn1. The Hall–Kier alpha value is -2.77. The molecule has 154 valence electrons. The third-order valence-corrected chi connectivity index (χ3v) is 5.10. The van der Waals surface area contributed by atoms with E-state index in [4.69, 9.17) is 5.41 Å². The molecule has 0 saturated carbocycles. The van der Waals surface area contributed by atoms with Crippen LogP contribution in [-0.2, 0) is 0 Å². The first-order chi connectivity index (χ1) is 14.1. The minimum Gasteiger partial charge on any atom is -0.393 e. The van der Waals surface area contributed by atoms with Crippen LogP contribution in [0.1, 0.15) is 5.56 Å². The number of rotatable bonds is 9. The third-order valence-electron chi connectivity index (χ3n) is 5.10. The van der Waals surface area contributed by atoms with Gasteiger partial charge in [0.15, 0.2) is 0 Å². The zero-order valence-electron chi connectivity index (χ0n) is 16.9. The highest BCUT2D eigenvalue weighted by Gasteiger charge is 2.17. The second kappa shape index (κ2) is 10.1. The summed E-state index contributed by atoms with van der Waals surface area (Å²) in [5, 5.41) is 16.0. The number of nitrogens with zero attached hydrogens (tertiary/aromatic N) is 3. The predicted molar refractivity (Wildman–Crippen MR) is 119 cm³/mol. The van der Waals surface area contributed by atoms with Crippen LogP contribution in [0.15, 0.2) is 48.9 Å². The van der Waals surface area contributed by atoms with Gasteiger partial charge in [0, 0.05) is 81.6 Å². The highest BCUT2D eigenvalue weighted by Crippen LogP contribution is 2.22. The number of fused-ring (bicyclic) bond motifs is 1. The Morgan fingerprint density at radius 3 is 2.66 bits per heavy atom. The number of halogens is 1. The molecule has 7 heteroatoms. The van der Waals surface area contributed by atoms with Crippen molar-refractivity contribution in [3.63, 3.8) is 0 Å². The normalized spacial score (nSPS) is 16.0. The summed E-state index contributed by atoms with van der Waals surface area (Å²) in [7, 11) is 1.82. The van der Waals surface area contributed by atoms with Gasteiger partial charge in [-0.1, -0.05) is 18.7 Å². The van der Waals surface area contributed by atoms with Crippen molar-refractivity contribution in [2.75, 3.05) is 58.3 Å². The Kier molecular flexibility index (Phi) is 7.32. The molecule has 0 spiro atoms. The van der Waals surface area contributed by atoms with Crippen molar-refractivity contribution in [1.29, 1.82) is 5.41 Å². The lowest BCUT2D eigenvalue weighted by molar-refractivity contribution is 0.134. The van der Waals surface area contributed by atoms with Crippen molar-refractivity contribution >= 4 is 28.4 Å². The number of benzene rings is 1. The van der Waals surface area contributed by atoms with Crippen LogP contribution in [0.4, 0.5) is 10.2 Å². The zero-order chi connectivity index (χ0) is 20.6. The summed E-state index contributed by atoms with van der Waals surface area (Å²) in [5.41, 5.74) is 2.68. The lowest BCUT2D eigenvalue weighted by atomic mass is 10.0. The Bertz CT molecular complexity index is 886. The molecule has 6 nitrogen and oxygen atoms in total. The van der Waals surface area contributed by atoms with E-state index >= 15 is 0 Å². The number of alkyl halides is 1. The summed E-state index contributed by atoms with van der Waals surface area (Å²) in [6.45, 7) is 8.75. The van der Waals surface area contributed by atoms with Crippen LogP contribution in [-0.4, -0.2) is 74.0 Å². The van der Waals surface area contributed by atoms with Crippen molar-refractivity contribution in [2.24, 2.45) is 0 Å². The van der Waals surface area contributed by atoms with Crippen LogP contribution in [0, 0.1) is 5.41 Å². The summed E-state index contributed by atoms with van der Waals surface area (Å²) in [5.74, 6) is 0.754. The molecule has 3 N–H and O–H groups in total. The van der Waals surface area contributed by atoms with Crippen LogP contribution < -0.4 is 10.6 Å². The van der Waals surface area contributed by atoms with Crippen LogP contribution in [0.2, 0.25) is 0 Å². The molecule has 29 heavy (non-hydrogen) atoms. The molecule has 1 saturated heterocycles. The first-order valence-electron chi connectivity index (χ1n) is 9.86.